The molecule has 1 rings (SSSR count). The van der Waals surface area contributed by atoms with Crippen LogP contribution in [0.3, 0.4) is 0 Å². The minimum atomic E-state index is 0.516. The van der Waals surface area contributed by atoms with Crippen molar-refractivity contribution >= 4 is 34.5 Å². The lowest BCUT2D eigenvalue weighted by Crippen LogP contribution is -1.67. The van der Waals surface area contributed by atoms with Gasteiger partial charge in [0.05, 0.1) is 5.02 Å². The second kappa shape index (κ2) is 2.72. The number of alkyl halides is 1. The van der Waals surface area contributed by atoms with Gasteiger partial charge in [-0.05, 0) is 10.9 Å². The summed E-state index contributed by atoms with van der Waals surface area (Å²) in [5.41, 5.74) is 1.03. The van der Waals surface area contributed by atoms with Crippen molar-refractivity contribution in [1.29, 1.82) is 0 Å². The van der Waals surface area contributed by atoms with Crippen LogP contribution in [-0.4, -0.2) is 0 Å². The monoisotopic (exact) mass is 166 g/mol. The van der Waals surface area contributed by atoms with Crippen molar-refractivity contribution in [2.75, 3.05) is 0 Å². The quantitative estimate of drug-likeness (QED) is 0.563. The van der Waals surface area contributed by atoms with Crippen LogP contribution in [0.5, 0.6) is 0 Å². The van der Waals surface area contributed by atoms with E-state index >= 15 is 0 Å². The normalized spacial score (nSPS) is 9.75. The predicted octanol–water partition coefficient (Wildman–Crippen LogP) is 3.14. The zero-order chi connectivity index (χ0) is 5.98. The molecule has 0 radical (unpaired) electrons. The van der Waals surface area contributed by atoms with Crippen LogP contribution in [0.4, 0.5) is 0 Å². The molecule has 8 heavy (non-hydrogen) atoms. The molecular weight excluding hydrogens is 163 g/mol. The third-order valence-corrected chi connectivity index (χ3v) is 2.39. The highest BCUT2D eigenvalue weighted by Gasteiger charge is 1.96. The Hall–Kier alpha value is 0.280. The first-order valence-corrected chi connectivity index (χ1v) is 3.96. The maximum atomic E-state index is 5.67. The molecule has 0 amide bonds. The van der Waals surface area contributed by atoms with Crippen LogP contribution in [0, 0.1) is 0 Å². The molecule has 3 heteroatoms. The fourth-order valence-electron chi connectivity index (χ4n) is 0.403. The van der Waals surface area contributed by atoms with Crippen molar-refractivity contribution in [3.8, 4) is 0 Å². The zero-order valence-corrected chi connectivity index (χ0v) is 6.35. The summed E-state index contributed by atoms with van der Waals surface area (Å²) in [4.78, 5) is 0. The van der Waals surface area contributed by atoms with Crippen molar-refractivity contribution in [2.45, 2.75) is 5.88 Å². The van der Waals surface area contributed by atoms with E-state index in [-0.39, 0.29) is 0 Å². The maximum Gasteiger partial charge on any atom is 0.0557 e. The first kappa shape index (κ1) is 6.40. The van der Waals surface area contributed by atoms with E-state index < -0.39 is 0 Å². The van der Waals surface area contributed by atoms with Gasteiger partial charge in [0, 0.05) is 11.3 Å². The molecule has 0 bridgehead atoms. The molecule has 1 aromatic heterocycles. The first-order chi connectivity index (χ1) is 3.84. The van der Waals surface area contributed by atoms with Gasteiger partial charge in [-0.3, -0.25) is 0 Å². The van der Waals surface area contributed by atoms with E-state index in [1.807, 2.05) is 10.8 Å². The second-order valence-corrected chi connectivity index (χ2v) is 2.80. The van der Waals surface area contributed by atoms with Gasteiger partial charge in [-0.1, -0.05) is 11.6 Å². The van der Waals surface area contributed by atoms with Crippen molar-refractivity contribution < 1.29 is 0 Å². The molecule has 1 heterocycles. The molecule has 0 N–H and O–H groups in total. The minimum absolute atomic E-state index is 0.516. The average Bonchev–Trinajstić information content (AvgIpc) is 2.14. The van der Waals surface area contributed by atoms with Gasteiger partial charge in [-0.2, -0.15) is 11.3 Å². The molecule has 0 nitrogen and oxygen atoms in total. The molecule has 0 spiro atoms. The molecule has 0 fully saturated rings. The van der Waals surface area contributed by atoms with Gasteiger partial charge >= 0.3 is 0 Å². The smallest absolute Gasteiger partial charge is 0.0557 e. The molecule has 0 aromatic carbocycles. The minimum Gasteiger partial charge on any atom is -0.150 e. The van der Waals surface area contributed by atoms with Crippen LogP contribution in [0.2, 0.25) is 5.02 Å². The summed E-state index contributed by atoms with van der Waals surface area (Å²) in [6.45, 7) is 0. The van der Waals surface area contributed by atoms with Gasteiger partial charge in [-0.25, -0.2) is 0 Å². The Kier molecular flexibility index (Phi) is 2.17. The van der Waals surface area contributed by atoms with Crippen molar-refractivity contribution in [2.24, 2.45) is 0 Å². The Balaban J connectivity index is 2.92. The molecule has 0 saturated carbocycles. The largest absolute Gasteiger partial charge is 0.150 e. The highest BCUT2D eigenvalue weighted by atomic mass is 35.5. The van der Waals surface area contributed by atoms with E-state index in [2.05, 4.69) is 0 Å². The molecule has 1 aromatic rings. The number of rotatable bonds is 1. The van der Waals surface area contributed by atoms with E-state index in [0.29, 0.717) is 5.88 Å². The van der Waals surface area contributed by atoms with E-state index in [1.165, 1.54) is 0 Å². The van der Waals surface area contributed by atoms with Gasteiger partial charge in [0.25, 0.3) is 0 Å². The topological polar surface area (TPSA) is 0 Å². The van der Waals surface area contributed by atoms with Crippen LogP contribution >= 0.6 is 34.5 Å². The summed E-state index contributed by atoms with van der Waals surface area (Å²) in [6, 6.07) is 0. The molecule has 0 aliphatic rings. The lowest BCUT2D eigenvalue weighted by atomic mass is 10.4. The number of hydrogen-bond donors (Lipinski definition) is 0. The Labute approximate surface area is 62.0 Å². The highest BCUT2D eigenvalue weighted by Crippen LogP contribution is 2.21. The Bertz CT molecular complexity index is 171. The van der Waals surface area contributed by atoms with Gasteiger partial charge in [-0.15, -0.1) is 11.6 Å². The number of thiophene rings is 1. The van der Waals surface area contributed by atoms with Crippen molar-refractivity contribution in [3.05, 3.63) is 21.3 Å². The predicted molar refractivity (Wildman–Crippen MR) is 38.9 cm³/mol. The summed E-state index contributed by atoms with van der Waals surface area (Å²) >= 11 is 12.7. The maximum absolute atomic E-state index is 5.67. The molecule has 44 valence electrons. The first-order valence-electron chi connectivity index (χ1n) is 2.11. The lowest BCUT2D eigenvalue weighted by molar-refractivity contribution is 1.46. The lowest BCUT2D eigenvalue weighted by Gasteiger charge is -1.83. The van der Waals surface area contributed by atoms with Gasteiger partial charge in [0.15, 0.2) is 0 Å². The molecule has 0 saturated heterocycles. The fraction of sp³-hybridized carbons (Fsp3) is 0.200. The van der Waals surface area contributed by atoms with Crippen molar-refractivity contribution in [3.63, 3.8) is 0 Å². The Morgan fingerprint density at radius 3 is 2.50 bits per heavy atom. The molecule has 0 unspecified atom stereocenters. The van der Waals surface area contributed by atoms with E-state index in [4.69, 9.17) is 23.2 Å². The van der Waals surface area contributed by atoms with E-state index in [9.17, 15) is 0 Å². The van der Waals surface area contributed by atoms with E-state index in [1.54, 1.807) is 11.3 Å². The van der Waals surface area contributed by atoms with Gasteiger partial charge in [0.2, 0.25) is 0 Å². The average molecular weight is 167 g/mol. The van der Waals surface area contributed by atoms with Crippen LogP contribution in [0.1, 0.15) is 5.56 Å². The fourth-order valence-corrected chi connectivity index (χ4v) is 1.84. The molecule has 0 atom stereocenters. The summed E-state index contributed by atoms with van der Waals surface area (Å²) in [6.07, 6.45) is 0. The number of hydrogen-bond acceptors (Lipinski definition) is 1. The zero-order valence-electron chi connectivity index (χ0n) is 4.03. The van der Waals surface area contributed by atoms with Crippen molar-refractivity contribution in [1.82, 2.24) is 0 Å². The van der Waals surface area contributed by atoms with E-state index in [0.717, 1.165) is 10.6 Å². The van der Waals surface area contributed by atoms with Crippen LogP contribution in [0.25, 0.3) is 0 Å². The molecular formula is C5H4Cl2S. The summed E-state index contributed by atoms with van der Waals surface area (Å²) < 4.78 is 0. The second-order valence-electron chi connectivity index (χ2n) is 1.38. The SMILES string of the molecule is ClCc1cscc1Cl. The summed E-state index contributed by atoms with van der Waals surface area (Å²) in [5.74, 6) is 0.516. The third kappa shape index (κ3) is 1.16. The van der Waals surface area contributed by atoms with Gasteiger partial charge in [0.1, 0.15) is 0 Å². The van der Waals surface area contributed by atoms with Crippen LogP contribution in [0.15, 0.2) is 10.8 Å². The number of halogens is 2. The molecule has 0 aliphatic carbocycles. The summed E-state index contributed by atoms with van der Waals surface area (Å²) in [5, 5.41) is 4.61. The van der Waals surface area contributed by atoms with Gasteiger partial charge < -0.3 is 0 Å². The Morgan fingerprint density at radius 2 is 2.25 bits per heavy atom. The molecule has 0 aliphatic heterocycles. The standard InChI is InChI=1S/C5H4Cl2S/c6-1-4-2-8-3-5(4)7/h2-3H,1H2. The van der Waals surface area contributed by atoms with Crippen LogP contribution < -0.4 is 0 Å². The Morgan fingerprint density at radius 1 is 1.50 bits per heavy atom. The third-order valence-electron chi connectivity index (χ3n) is 0.833. The van der Waals surface area contributed by atoms with Crippen LogP contribution in [-0.2, 0) is 5.88 Å². The summed E-state index contributed by atoms with van der Waals surface area (Å²) in [7, 11) is 0. The highest BCUT2D eigenvalue weighted by molar-refractivity contribution is 7.08.